The molecule has 0 radical (unpaired) electrons. The number of amides is 1. The first-order valence-corrected chi connectivity index (χ1v) is 8.02. The highest BCUT2D eigenvalue weighted by Crippen LogP contribution is 2.45. The third kappa shape index (κ3) is 2.39. The first kappa shape index (κ1) is 14.3. The first-order valence-electron chi connectivity index (χ1n) is 8.02. The van der Waals surface area contributed by atoms with Crippen LogP contribution >= 0.6 is 0 Å². The predicted octanol–water partition coefficient (Wildman–Crippen LogP) is 3.60. The van der Waals surface area contributed by atoms with Crippen molar-refractivity contribution in [2.24, 2.45) is 0 Å². The van der Waals surface area contributed by atoms with Gasteiger partial charge in [0.15, 0.2) is 0 Å². The molecule has 2 aromatic carbocycles. The zero-order chi connectivity index (χ0) is 15.8. The maximum atomic E-state index is 12.4. The zero-order valence-corrected chi connectivity index (χ0v) is 13.1. The molecule has 0 aliphatic carbocycles. The lowest BCUT2D eigenvalue weighted by molar-refractivity contribution is -0.136. The van der Waals surface area contributed by atoms with E-state index in [0.717, 1.165) is 29.7 Å². The maximum Gasteiger partial charge on any atom is 0.224 e. The molecule has 0 unspecified atom stereocenters. The normalized spacial score (nSPS) is 22.7. The zero-order valence-electron chi connectivity index (χ0n) is 13.1. The molecule has 2 aliphatic heterocycles. The van der Waals surface area contributed by atoms with Crippen molar-refractivity contribution in [3.63, 3.8) is 0 Å². The van der Waals surface area contributed by atoms with Gasteiger partial charge in [0.2, 0.25) is 12.2 Å². The molecule has 2 atom stereocenters. The van der Waals surface area contributed by atoms with Gasteiger partial charge in [-0.15, -0.1) is 0 Å². The van der Waals surface area contributed by atoms with Gasteiger partial charge >= 0.3 is 0 Å². The lowest BCUT2D eigenvalue weighted by Crippen LogP contribution is -2.55. The summed E-state index contributed by atoms with van der Waals surface area (Å²) in [6, 6.07) is 16.0. The number of anilines is 1. The molecule has 0 N–H and O–H groups in total. The third-order valence-electron chi connectivity index (χ3n) is 4.48. The van der Waals surface area contributed by atoms with Crippen LogP contribution in [0.15, 0.2) is 48.5 Å². The summed E-state index contributed by atoms with van der Waals surface area (Å²) >= 11 is 0. The van der Waals surface area contributed by atoms with Crippen LogP contribution in [0.4, 0.5) is 5.69 Å². The van der Waals surface area contributed by atoms with Crippen molar-refractivity contribution < 1.29 is 14.3 Å². The molecule has 0 spiro atoms. The molecule has 2 aliphatic rings. The number of rotatable bonds is 1. The van der Waals surface area contributed by atoms with Gasteiger partial charge in [-0.25, -0.2) is 0 Å². The van der Waals surface area contributed by atoms with Crippen molar-refractivity contribution in [1.82, 2.24) is 0 Å². The highest BCUT2D eigenvalue weighted by molar-refractivity contribution is 6.00. The Morgan fingerprint density at radius 1 is 1.13 bits per heavy atom. The van der Waals surface area contributed by atoms with E-state index < -0.39 is 0 Å². The summed E-state index contributed by atoms with van der Waals surface area (Å²) < 4.78 is 11.8. The Morgan fingerprint density at radius 3 is 2.74 bits per heavy atom. The fourth-order valence-corrected chi connectivity index (χ4v) is 3.50. The molecule has 0 bridgehead atoms. The van der Waals surface area contributed by atoms with E-state index in [1.807, 2.05) is 41.3 Å². The van der Waals surface area contributed by atoms with Gasteiger partial charge in [0.1, 0.15) is 5.75 Å². The smallest absolute Gasteiger partial charge is 0.224 e. The Kier molecular flexibility index (Phi) is 3.54. The minimum atomic E-state index is -0.369. The average Bonchev–Trinajstić information content (AvgIpc) is 2.59. The van der Waals surface area contributed by atoms with Gasteiger partial charge in [-0.1, -0.05) is 42.5 Å². The molecule has 4 heteroatoms. The largest absolute Gasteiger partial charge is 0.460 e. The SMILES string of the molecule is CC(=O)N1c2c(cccc2-c2ccccc2)O[C@H]2OCCC[C@H]21. The molecule has 2 heterocycles. The molecular weight excluding hydrogens is 290 g/mol. The van der Waals surface area contributed by atoms with Crippen LogP contribution in [-0.4, -0.2) is 24.8 Å². The fraction of sp³-hybridized carbons (Fsp3) is 0.316. The highest BCUT2D eigenvalue weighted by atomic mass is 16.7. The first-order chi connectivity index (χ1) is 11.3. The molecule has 1 fully saturated rings. The number of carbonyl (C=O) groups excluding carboxylic acids is 1. The Morgan fingerprint density at radius 2 is 1.96 bits per heavy atom. The number of ether oxygens (including phenoxy) is 2. The van der Waals surface area contributed by atoms with Gasteiger partial charge in [-0.2, -0.15) is 0 Å². The van der Waals surface area contributed by atoms with E-state index in [9.17, 15) is 4.79 Å². The topological polar surface area (TPSA) is 38.8 Å². The second-order valence-electron chi connectivity index (χ2n) is 5.97. The van der Waals surface area contributed by atoms with Crippen molar-refractivity contribution in [1.29, 1.82) is 0 Å². The molecule has 23 heavy (non-hydrogen) atoms. The predicted molar refractivity (Wildman–Crippen MR) is 88.4 cm³/mol. The molecule has 4 rings (SSSR count). The van der Waals surface area contributed by atoms with E-state index in [2.05, 4.69) is 12.1 Å². The van der Waals surface area contributed by atoms with Crippen LogP contribution < -0.4 is 9.64 Å². The summed E-state index contributed by atoms with van der Waals surface area (Å²) in [5, 5.41) is 0. The molecule has 2 aromatic rings. The van der Waals surface area contributed by atoms with Gasteiger partial charge in [0.25, 0.3) is 0 Å². The van der Waals surface area contributed by atoms with Crippen LogP contribution in [0.3, 0.4) is 0 Å². The Labute approximate surface area is 135 Å². The van der Waals surface area contributed by atoms with Crippen LogP contribution in [0.25, 0.3) is 11.1 Å². The minimum Gasteiger partial charge on any atom is -0.460 e. The van der Waals surface area contributed by atoms with Crippen LogP contribution in [0.1, 0.15) is 19.8 Å². The van der Waals surface area contributed by atoms with Crippen LogP contribution in [-0.2, 0) is 9.53 Å². The van der Waals surface area contributed by atoms with Crippen molar-refractivity contribution in [3.05, 3.63) is 48.5 Å². The number of para-hydroxylation sites is 1. The average molecular weight is 309 g/mol. The van der Waals surface area contributed by atoms with E-state index in [4.69, 9.17) is 9.47 Å². The lowest BCUT2D eigenvalue weighted by Gasteiger charge is -2.44. The van der Waals surface area contributed by atoms with Crippen molar-refractivity contribution in [2.75, 3.05) is 11.5 Å². The lowest BCUT2D eigenvalue weighted by atomic mass is 9.97. The third-order valence-corrected chi connectivity index (χ3v) is 4.48. The van der Waals surface area contributed by atoms with E-state index in [1.54, 1.807) is 6.92 Å². The fourth-order valence-electron chi connectivity index (χ4n) is 3.50. The number of carbonyl (C=O) groups is 1. The molecular formula is C19H19NO3. The van der Waals surface area contributed by atoms with E-state index >= 15 is 0 Å². The van der Waals surface area contributed by atoms with E-state index in [0.29, 0.717) is 12.4 Å². The van der Waals surface area contributed by atoms with Gasteiger partial charge in [0.05, 0.1) is 18.3 Å². The van der Waals surface area contributed by atoms with Crippen LogP contribution in [0.2, 0.25) is 0 Å². The Bertz CT molecular complexity index is 729. The molecule has 0 aromatic heterocycles. The summed E-state index contributed by atoms with van der Waals surface area (Å²) in [5.41, 5.74) is 2.95. The molecule has 0 saturated carbocycles. The van der Waals surface area contributed by atoms with Crippen molar-refractivity contribution >= 4 is 11.6 Å². The standard InChI is InChI=1S/C19H19NO3/c1-13(21)20-16-10-6-12-22-19(16)23-17-11-5-9-15(18(17)20)14-7-3-2-4-8-14/h2-5,7-9,11,16,19H,6,10,12H2,1H3/t16-,19-/m1/s1. The number of fused-ring (bicyclic) bond motifs is 2. The summed E-state index contributed by atoms with van der Waals surface area (Å²) in [7, 11) is 0. The van der Waals surface area contributed by atoms with E-state index in [1.165, 1.54) is 0 Å². The van der Waals surface area contributed by atoms with Crippen molar-refractivity contribution in [3.8, 4) is 16.9 Å². The van der Waals surface area contributed by atoms with Crippen LogP contribution in [0.5, 0.6) is 5.75 Å². The molecule has 1 amide bonds. The number of hydrogen-bond acceptors (Lipinski definition) is 3. The Balaban J connectivity index is 1.89. The van der Waals surface area contributed by atoms with E-state index in [-0.39, 0.29) is 18.2 Å². The summed E-state index contributed by atoms with van der Waals surface area (Å²) in [6.07, 6.45) is 1.47. The number of benzene rings is 2. The monoisotopic (exact) mass is 309 g/mol. The van der Waals surface area contributed by atoms with Gasteiger partial charge in [-0.3, -0.25) is 9.69 Å². The second-order valence-corrected chi connectivity index (χ2v) is 5.97. The summed E-state index contributed by atoms with van der Waals surface area (Å²) in [6.45, 7) is 2.29. The van der Waals surface area contributed by atoms with Gasteiger partial charge in [0, 0.05) is 12.5 Å². The maximum absolute atomic E-state index is 12.4. The van der Waals surface area contributed by atoms with Gasteiger partial charge in [-0.05, 0) is 24.5 Å². The summed E-state index contributed by atoms with van der Waals surface area (Å²) in [4.78, 5) is 14.3. The minimum absolute atomic E-state index is 0.0263. The van der Waals surface area contributed by atoms with Crippen molar-refractivity contribution in [2.45, 2.75) is 32.1 Å². The van der Waals surface area contributed by atoms with Gasteiger partial charge < -0.3 is 9.47 Å². The quantitative estimate of drug-likeness (QED) is 0.808. The number of hydrogen-bond donors (Lipinski definition) is 0. The van der Waals surface area contributed by atoms with Crippen LogP contribution in [0, 0.1) is 0 Å². The number of nitrogens with zero attached hydrogens (tertiary/aromatic N) is 1. The highest BCUT2D eigenvalue weighted by Gasteiger charge is 2.41. The molecule has 4 nitrogen and oxygen atoms in total. The molecule has 118 valence electrons. The second kappa shape index (κ2) is 5.70. The molecule has 1 saturated heterocycles. The summed E-state index contributed by atoms with van der Waals surface area (Å²) in [5.74, 6) is 0.739. The Hall–Kier alpha value is -2.33.